The number of nitrogens with one attached hydrogen (secondary N) is 1. The summed E-state index contributed by atoms with van der Waals surface area (Å²) in [6, 6.07) is 10.3. The molecule has 0 spiro atoms. The van der Waals surface area contributed by atoms with Gasteiger partial charge in [0.2, 0.25) is 5.91 Å². The Bertz CT molecular complexity index is 1120. The van der Waals surface area contributed by atoms with E-state index in [1.165, 1.54) is 28.7 Å². The Hall–Kier alpha value is -2.65. The number of hydrogen-bond donors (Lipinski definition) is 2. The van der Waals surface area contributed by atoms with Crippen molar-refractivity contribution in [2.24, 2.45) is 18.7 Å². The van der Waals surface area contributed by atoms with Crippen molar-refractivity contribution in [3.63, 3.8) is 0 Å². The average molecular weight is 470 g/mol. The van der Waals surface area contributed by atoms with Crippen molar-refractivity contribution in [2.45, 2.75) is 44.2 Å². The summed E-state index contributed by atoms with van der Waals surface area (Å²) < 4.78 is 1.93. The van der Waals surface area contributed by atoms with E-state index in [2.05, 4.69) is 34.6 Å². The largest absolute Gasteiger partial charge is 0.365 e. The maximum atomic E-state index is 12.6. The molecule has 168 valence electrons. The molecule has 1 unspecified atom stereocenters. The molecule has 0 bridgehead atoms. The number of thioether (sulfide) groups is 1. The van der Waals surface area contributed by atoms with Crippen molar-refractivity contribution in [3.8, 4) is 0 Å². The van der Waals surface area contributed by atoms with E-state index in [-0.39, 0.29) is 11.7 Å². The molecule has 1 aromatic carbocycles. The summed E-state index contributed by atoms with van der Waals surface area (Å²) >= 11 is 2.81. The maximum absolute atomic E-state index is 12.6. The summed E-state index contributed by atoms with van der Waals surface area (Å²) in [7, 11) is 1.92. The minimum absolute atomic E-state index is 0.182. The van der Waals surface area contributed by atoms with Crippen molar-refractivity contribution in [1.82, 2.24) is 14.8 Å². The zero-order chi connectivity index (χ0) is 22.7. The summed E-state index contributed by atoms with van der Waals surface area (Å²) in [6.07, 6.45) is 4.46. The van der Waals surface area contributed by atoms with Crippen molar-refractivity contribution in [2.75, 3.05) is 11.1 Å². The predicted molar refractivity (Wildman–Crippen MR) is 128 cm³/mol. The smallest absolute Gasteiger partial charge is 0.251 e. The zero-order valence-corrected chi connectivity index (χ0v) is 19.9. The van der Waals surface area contributed by atoms with Gasteiger partial charge in [0.25, 0.3) is 5.91 Å². The van der Waals surface area contributed by atoms with Gasteiger partial charge in [-0.1, -0.05) is 49.0 Å². The summed E-state index contributed by atoms with van der Waals surface area (Å²) in [6.45, 7) is 2.20. The molecule has 4 rings (SSSR count). The van der Waals surface area contributed by atoms with Crippen molar-refractivity contribution >= 4 is 39.9 Å². The molecule has 0 radical (unpaired) electrons. The molecule has 1 atom stereocenters. The molecule has 7 nitrogen and oxygen atoms in total. The number of aromatic nitrogens is 3. The van der Waals surface area contributed by atoms with Crippen LogP contribution >= 0.6 is 23.1 Å². The highest BCUT2D eigenvalue weighted by atomic mass is 32.2. The number of primary amides is 1. The number of aryl methyl sites for hydroxylation is 2. The third-order valence-corrected chi connectivity index (χ3v) is 7.94. The molecule has 32 heavy (non-hydrogen) atoms. The van der Waals surface area contributed by atoms with E-state index in [4.69, 9.17) is 5.73 Å². The van der Waals surface area contributed by atoms with Crippen LogP contribution in [0.25, 0.3) is 0 Å². The van der Waals surface area contributed by atoms with Gasteiger partial charge in [0.1, 0.15) is 10.8 Å². The lowest BCUT2D eigenvalue weighted by Gasteiger charge is -2.18. The van der Waals surface area contributed by atoms with Crippen molar-refractivity contribution < 1.29 is 9.59 Å². The zero-order valence-electron chi connectivity index (χ0n) is 18.3. The number of nitrogens with zero attached hydrogens (tertiary/aromatic N) is 3. The first-order chi connectivity index (χ1) is 15.4. The summed E-state index contributed by atoms with van der Waals surface area (Å²) in [5.41, 5.74) is 8.39. The molecular weight excluding hydrogens is 442 g/mol. The monoisotopic (exact) mass is 469 g/mol. The van der Waals surface area contributed by atoms with Crippen LogP contribution in [0.3, 0.4) is 0 Å². The number of hydrogen-bond acceptors (Lipinski definition) is 6. The van der Waals surface area contributed by atoms with E-state index in [9.17, 15) is 9.59 Å². The molecule has 0 saturated carbocycles. The van der Waals surface area contributed by atoms with Gasteiger partial charge in [0.05, 0.1) is 11.3 Å². The first-order valence-electron chi connectivity index (χ1n) is 10.7. The lowest BCUT2D eigenvalue weighted by Crippen LogP contribution is -2.20. The van der Waals surface area contributed by atoms with Crippen LogP contribution in [0, 0.1) is 5.92 Å². The van der Waals surface area contributed by atoms with Gasteiger partial charge in [-0.3, -0.25) is 9.59 Å². The Morgan fingerprint density at radius 2 is 2.03 bits per heavy atom. The molecule has 1 aliphatic carbocycles. The SMILES string of the molecule is CC1CCc2c(sc(NC(=O)CSc3nnc(CCc4ccccc4)n3C)c2C(N)=O)C1. The maximum Gasteiger partial charge on any atom is 0.251 e. The number of rotatable bonds is 8. The average Bonchev–Trinajstić information content (AvgIpc) is 3.30. The van der Waals surface area contributed by atoms with E-state index in [1.54, 1.807) is 0 Å². The molecule has 3 aromatic rings. The normalized spacial score (nSPS) is 15.4. The summed E-state index contributed by atoms with van der Waals surface area (Å²) in [5, 5.41) is 12.7. The Morgan fingerprint density at radius 1 is 1.25 bits per heavy atom. The Balaban J connectivity index is 1.37. The topological polar surface area (TPSA) is 103 Å². The number of anilines is 1. The second kappa shape index (κ2) is 9.87. The number of amides is 2. The lowest BCUT2D eigenvalue weighted by atomic mass is 9.88. The molecule has 0 fully saturated rings. The number of thiophene rings is 1. The van der Waals surface area contributed by atoms with Crippen LogP contribution < -0.4 is 11.1 Å². The highest BCUT2D eigenvalue weighted by Crippen LogP contribution is 2.39. The van der Waals surface area contributed by atoms with Gasteiger partial charge in [-0.25, -0.2) is 0 Å². The second-order valence-electron chi connectivity index (χ2n) is 8.20. The van der Waals surface area contributed by atoms with E-state index >= 15 is 0 Å². The molecular formula is C23H27N5O2S2. The minimum Gasteiger partial charge on any atom is -0.365 e. The molecule has 0 saturated heterocycles. The van der Waals surface area contributed by atoms with Crippen LogP contribution in [-0.4, -0.2) is 32.3 Å². The van der Waals surface area contributed by atoms with Gasteiger partial charge in [-0.05, 0) is 42.7 Å². The van der Waals surface area contributed by atoms with Crippen LogP contribution in [0.5, 0.6) is 0 Å². The van der Waals surface area contributed by atoms with Gasteiger partial charge < -0.3 is 15.6 Å². The van der Waals surface area contributed by atoms with Crippen LogP contribution in [0.15, 0.2) is 35.5 Å². The van der Waals surface area contributed by atoms with E-state index < -0.39 is 5.91 Å². The molecule has 2 heterocycles. The number of benzene rings is 1. The van der Waals surface area contributed by atoms with Crippen LogP contribution in [0.2, 0.25) is 0 Å². The van der Waals surface area contributed by atoms with Gasteiger partial charge in [0, 0.05) is 18.3 Å². The summed E-state index contributed by atoms with van der Waals surface area (Å²) in [5.74, 6) is 0.983. The molecule has 9 heteroatoms. The standard InChI is InChI=1S/C23H27N5O2S2/c1-14-8-10-16-17(12-14)32-22(20(16)21(24)30)25-19(29)13-31-23-27-26-18(28(23)2)11-9-15-6-4-3-5-7-15/h3-7,14H,8-13H2,1-2H3,(H2,24,30)(H,25,29). The van der Waals surface area contributed by atoms with E-state index in [1.807, 2.05) is 29.8 Å². The van der Waals surface area contributed by atoms with Crippen LogP contribution in [-0.2, 0) is 37.5 Å². The number of carbonyl (C=O) groups excluding carboxylic acids is 2. The lowest BCUT2D eigenvalue weighted by molar-refractivity contribution is -0.113. The van der Waals surface area contributed by atoms with Gasteiger partial charge >= 0.3 is 0 Å². The third-order valence-electron chi connectivity index (χ3n) is 5.75. The van der Waals surface area contributed by atoms with Crippen molar-refractivity contribution in [1.29, 1.82) is 0 Å². The first-order valence-corrected chi connectivity index (χ1v) is 12.5. The first kappa shape index (κ1) is 22.5. The second-order valence-corrected chi connectivity index (χ2v) is 10.2. The molecule has 1 aliphatic rings. The fraction of sp³-hybridized carbons (Fsp3) is 0.391. The molecule has 3 N–H and O–H groups in total. The molecule has 2 amide bonds. The van der Waals surface area contributed by atoms with Crippen LogP contribution in [0.1, 0.15) is 45.5 Å². The Kier molecular flexibility index (Phi) is 6.95. The number of nitrogens with two attached hydrogens (primary N) is 1. The molecule has 2 aromatic heterocycles. The fourth-order valence-electron chi connectivity index (χ4n) is 3.98. The highest BCUT2D eigenvalue weighted by molar-refractivity contribution is 7.99. The van der Waals surface area contributed by atoms with Crippen molar-refractivity contribution in [3.05, 3.63) is 57.7 Å². The van der Waals surface area contributed by atoms with E-state index in [0.717, 1.165) is 48.4 Å². The molecule has 0 aliphatic heterocycles. The summed E-state index contributed by atoms with van der Waals surface area (Å²) in [4.78, 5) is 25.9. The van der Waals surface area contributed by atoms with Crippen LogP contribution in [0.4, 0.5) is 5.00 Å². The minimum atomic E-state index is -0.476. The van der Waals surface area contributed by atoms with Gasteiger partial charge in [-0.2, -0.15) is 0 Å². The quantitative estimate of drug-likeness (QED) is 0.491. The van der Waals surface area contributed by atoms with Gasteiger partial charge in [0.15, 0.2) is 5.16 Å². The predicted octanol–water partition coefficient (Wildman–Crippen LogP) is 3.62. The Morgan fingerprint density at radius 3 is 2.78 bits per heavy atom. The fourth-order valence-corrected chi connectivity index (χ4v) is 6.14. The number of fused-ring (bicyclic) bond motifs is 1. The third kappa shape index (κ3) is 5.05. The highest BCUT2D eigenvalue weighted by Gasteiger charge is 2.27. The van der Waals surface area contributed by atoms with E-state index in [0.29, 0.717) is 21.6 Å². The Labute approximate surface area is 195 Å². The number of carbonyl (C=O) groups is 2. The van der Waals surface area contributed by atoms with Gasteiger partial charge in [-0.15, -0.1) is 21.5 Å².